The molecule has 3 nitrogen and oxygen atoms in total. The van der Waals surface area contributed by atoms with Gasteiger partial charge in [-0.05, 0) is 29.8 Å². The molecule has 0 aliphatic carbocycles. The Labute approximate surface area is 118 Å². The van der Waals surface area contributed by atoms with E-state index >= 15 is 0 Å². The van der Waals surface area contributed by atoms with Crippen LogP contribution in [0.2, 0.25) is 0 Å². The molecule has 0 fully saturated rings. The number of hydrogen-bond acceptors (Lipinski definition) is 2. The number of aliphatic hydroxyl groups is 1. The summed E-state index contributed by atoms with van der Waals surface area (Å²) >= 11 is 0. The van der Waals surface area contributed by atoms with Crippen LogP contribution in [0.1, 0.15) is 11.1 Å². The third-order valence-electron chi connectivity index (χ3n) is 3.30. The lowest BCUT2D eigenvalue weighted by Crippen LogP contribution is -2.10. The Morgan fingerprint density at radius 2 is 1.86 bits per heavy atom. The molecular weight excluding hydrogens is 281 g/mol. The standard InChI is InChI=1S/C15H11F3N2O/c16-15(17,18)12-7-11(6-5-10(12)8-21)20-9-19-13-3-1-2-4-14(13)20/h1-7,9,21H,8H2. The number of hydrogen-bond donors (Lipinski definition) is 1. The second-order valence-electron chi connectivity index (χ2n) is 4.60. The molecular formula is C15H11F3N2O. The summed E-state index contributed by atoms with van der Waals surface area (Å²) in [5, 5.41) is 9.06. The molecule has 0 saturated carbocycles. The summed E-state index contributed by atoms with van der Waals surface area (Å²) < 4.78 is 40.7. The summed E-state index contributed by atoms with van der Waals surface area (Å²) in [6.45, 7) is -0.653. The summed E-state index contributed by atoms with van der Waals surface area (Å²) in [5.74, 6) is 0. The average Bonchev–Trinajstić information content (AvgIpc) is 2.89. The number of aromatic nitrogens is 2. The van der Waals surface area contributed by atoms with Crippen LogP contribution in [0.3, 0.4) is 0 Å². The average molecular weight is 292 g/mol. The van der Waals surface area contributed by atoms with E-state index in [0.717, 1.165) is 11.6 Å². The smallest absolute Gasteiger partial charge is 0.392 e. The van der Waals surface area contributed by atoms with Crippen LogP contribution in [-0.2, 0) is 12.8 Å². The minimum Gasteiger partial charge on any atom is -0.392 e. The number of halogens is 3. The molecule has 3 rings (SSSR count). The molecule has 0 bridgehead atoms. The van der Waals surface area contributed by atoms with Gasteiger partial charge in [0, 0.05) is 5.69 Å². The molecule has 1 heterocycles. The molecule has 2 aromatic carbocycles. The SMILES string of the molecule is OCc1ccc(-n2cnc3ccccc32)cc1C(F)(F)F. The summed E-state index contributed by atoms with van der Waals surface area (Å²) in [6, 6.07) is 11.0. The molecule has 108 valence electrons. The van der Waals surface area contributed by atoms with Crippen LogP contribution in [0.25, 0.3) is 16.7 Å². The lowest BCUT2D eigenvalue weighted by molar-refractivity contribution is -0.138. The first-order valence-corrected chi connectivity index (χ1v) is 6.24. The fourth-order valence-corrected chi connectivity index (χ4v) is 2.28. The Balaban J connectivity index is 2.19. The highest BCUT2D eigenvalue weighted by molar-refractivity contribution is 5.77. The van der Waals surface area contributed by atoms with Crippen molar-refractivity contribution in [3.63, 3.8) is 0 Å². The van der Waals surface area contributed by atoms with Crippen molar-refractivity contribution in [3.05, 3.63) is 59.9 Å². The van der Waals surface area contributed by atoms with Gasteiger partial charge >= 0.3 is 6.18 Å². The van der Waals surface area contributed by atoms with Gasteiger partial charge in [-0.1, -0.05) is 18.2 Å². The lowest BCUT2D eigenvalue weighted by Gasteiger charge is -2.14. The predicted molar refractivity (Wildman–Crippen MR) is 72.0 cm³/mol. The monoisotopic (exact) mass is 292 g/mol. The summed E-state index contributed by atoms with van der Waals surface area (Å²) in [5.41, 5.74) is 0.809. The van der Waals surface area contributed by atoms with E-state index in [1.54, 1.807) is 22.8 Å². The summed E-state index contributed by atoms with van der Waals surface area (Å²) in [6.07, 6.45) is -3.02. The zero-order valence-electron chi connectivity index (χ0n) is 10.8. The Hall–Kier alpha value is -2.34. The number of fused-ring (bicyclic) bond motifs is 1. The van der Waals surface area contributed by atoms with E-state index in [4.69, 9.17) is 5.11 Å². The Morgan fingerprint density at radius 3 is 2.57 bits per heavy atom. The Kier molecular flexibility index (Phi) is 3.17. The summed E-state index contributed by atoms with van der Waals surface area (Å²) in [4.78, 5) is 4.16. The highest BCUT2D eigenvalue weighted by Gasteiger charge is 2.33. The van der Waals surface area contributed by atoms with Crippen LogP contribution < -0.4 is 0 Å². The molecule has 0 saturated heterocycles. The van der Waals surface area contributed by atoms with Gasteiger partial charge in [0.25, 0.3) is 0 Å². The first kappa shape index (κ1) is 13.6. The van der Waals surface area contributed by atoms with Crippen molar-refractivity contribution in [2.75, 3.05) is 0 Å². The quantitative estimate of drug-likeness (QED) is 0.784. The van der Waals surface area contributed by atoms with Crippen LogP contribution in [-0.4, -0.2) is 14.7 Å². The zero-order chi connectivity index (χ0) is 15.0. The molecule has 0 atom stereocenters. The third kappa shape index (κ3) is 2.38. The second-order valence-corrected chi connectivity index (χ2v) is 4.60. The molecule has 21 heavy (non-hydrogen) atoms. The van der Waals surface area contributed by atoms with Crippen molar-refractivity contribution >= 4 is 11.0 Å². The van der Waals surface area contributed by atoms with Gasteiger partial charge in [-0.3, -0.25) is 4.57 Å². The molecule has 0 unspecified atom stereocenters. The van der Waals surface area contributed by atoms with Gasteiger partial charge in [0.05, 0.1) is 23.2 Å². The number of aliphatic hydroxyl groups excluding tert-OH is 1. The molecule has 0 spiro atoms. The van der Waals surface area contributed by atoms with Crippen LogP contribution >= 0.6 is 0 Å². The van der Waals surface area contributed by atoms with E-state index in [0.29, 0.717) is 11.2 Å². The van der Waals surface area contributed by atoms with Gasteiger partial charge in [0.15, 0.2) is 0 Å². The second kappa shape index (κ2) is 4.89. The van der Waals surface area contributed by atoms with Gasteiger partial charge in [0.1, 0.15) is 6.33 Å². The van der Waals surface area contributed by atoms with Crippen molar-refractivity contribution in [1.29, 1.82) is 0 Å². The minimum atomic E-state index is -4.51. The largest absolute Gasteiger partial charge is 0.416 e. The van der Waals surface area contributed by atoms with Crippen molar-refractivity contribution < 1.29 is 18.3 Å². The first-order valence-electron chi connectivity index (χ1n) is 6.24. The van der Waals surface area contributed by atoms with Gasteiger partial charge in [-0.15, -0.1) is 0 Å². The van der Waals surface area contributed by atoms with Crippen LogP contribution in [0.15, 0.2) is 48.8 Å². The maximum Gasteiger partial charge on any atom is 0.416 e. The summed E-state index contributed by atoms with van der Waals surface area (Å²) in [7, 11) is 0. The van der Waals surface area contributed by atoms with E-state index in [9.17, 15) is 13.2 Å². The van der Waals surface area contributed by atoms with Gasteiger partial charge in [-0.2, -0.15) is 13.2 Å². The van der Waals surface area contributed by atoms with Crippen molar-refractivity contribution in [2.45, 2.75) is 12.8 Å². The minimum absolute atomic E-state index is 0.143. The molecule has 0 radical (unpaired) electrons. The predicted octanol–water partition coefficient (Wildman–Crippen LogP) is 3.54. The fourth-order valence-electron chi connectivity index (χ4n) is 2.28. The molecule has 0 amide bonds. The Bertz CT molecular complexity index is 793. The number of imidazole rings is 1. The maximum absolute atomic E-state index is 13.0. The van der Waals surface area contributed by atoms with Crippen LogP contribution in [0, 0.1) is 0 Å². The lowest BCUT2D eigenvalue weighted by atomic mass is 10.1. The number of alkyl halides is 3. The highest BCUT2D eigenvalue weighted by atomic mass is 19.4. The van der Waals surface area contributed by atoms with E-state index in [-0.39, 0.29) is 5.56 Å². The highest BCUT2D eigenvalue weighted by Crippen LogP contribution is 2.34. The molecule has 6 heteroatoms. The topological polar surface area (TPSA) is 38.0 Å². The van der Waals surface area contributed by atoms with Gasteiger partial charge in [-0.25, -0.2) is 4.98 Å². The molecule has 1 aromatic heterocycles. The van der Waals surface area contributed by atoms with E-state index in [2.05, 4.69) is 4.98 Å². The van der Waals surface area contributed by atoms with Crippen LogP contribution in [0.5, 0.6) is 0 Å². The van der Waals surface area contributed by atoms with Gasteiger partial charge < -0.3 is 5.11 Å². The number of rotatable bonds is 2. The van der Waals surface area contributed by atoms with E-state index in [1.165, 1.54) is 18.5 Å². The number of benzene rings is 2. The van der Waals surface area contributed by atoms with Crippen molar-refractivity contribution in [1.82, 2.24) is 9.55 Å². The molecule has 3 aromatic rings. The fraction of sp³-hybridized carbons (Fsp3) is 0.133. The number of nitrogens with zero attached hydrogens (tertiary/aromatic N) is 2. The third-order valence-corrected chi connectivity index (χ3v) is 3.30. The molecule has 0 aliphatic rings. The number of para-hydroxylation sites is 2. The normalized spacial score (nSPS) is 12.0. The zero-order valence-corrected chi connectivity index (χ0v) is 10.8. The van der Waals surface area contributed by atoms with Gasteiger partial charge in [0.2, 0.25) is 0 Å². The van der Waals surface area contributed by atoms with Crippen molar-refractivity contribution in [2.24, 2.45) is 0 Å². The maximum atomic E-state index is 13.0. The van der Waals surface area contributed by atoms with E-state index < -0.39 is 18.3 Å². The van der Waals surface area contributed by atoms with Crippen LogP contribution in [0.4, 0.5) is 13.2 Å². The Morgan fingerprint density at radius 1 is 1.10 bits per heavy atom. The molecule has 0 aliphatic heterocycles. The molecule has 1 N–H and O–H groups in total. The first-order chi connectivity index (χ1) is 10.0. The van der Waals surface area contributed by atoms with Crippen molar-refractivity contribution in [3.8, 4) is 5.69 Å². The van der Waals surface area contributed by atoms with E-state index in [1.807, 2.05) is 6.07 Å².